The Bertz CT molecular complexity index is 51.2. The lowest BCUT2D eigenvalue weighted by Gasteiger charge is -2.10. The van der Waals surface area contributed by atoms with Gasteiger partial charge in [0.2, 0.25) is 0 Å². The van der Waals surface area contributed by atoms with E-state index in [0.29, 0.717) is 0 Å². The minimum atomic E-state index is -0.963. The van der Waals surface area contributed by atoms with Gasteiger partial charge in [-0.2, -0.15) is 0 Å². The van der Waals surface area contributed by atoms with E-state index in [2.05, 4.69) is 12.6 Å². The molecular weight excluding hydrogens is 128 g/mol. The number of hydrogen-bond donors (Lipinski definition) is 3. The van der Waals surface area contributed by atoms with Crippen molar-refractivity contribution in [1.82, 2.24) is 0 Å². The summed E-state index contributed by atoms with van der Waals surface area (Å²) in [5, 5.41) is 24.4. The third kappa shape index (κ3) is 2.52. The van der Waals surface area contributed by atoms with Crippen LogP contribution in [0.1, 0.15) is 0 Å². The van der Waals surface area contributed by atoms with E-state index < -0.39 is 11.4 Å². The van der Waals surface area contributed by atoms with E-state index in [1.54, 1.807) is 0 Å². The molecule has 0 aliphatic carbocycles. The molecule has 0 fully saturated rings. The molecule has 1 radical (unpaired) electrons. The molecule has 0 saturated heterocycles. The van der Waals surface area contributed by atoms with Gasteiger partial charge < -0.3 is 15.3 Å². The Labute approximate surface area is 53.4 Å². The fourth-order valence-corrected chi connectivity index (χ4v) is 0.325. The van der Waals surface area contributed by atoms with Gasteiger partial charge in [-0.05, 0) is 0 Å². The summed E-state index contributed by atoms with van der Waals surface area (Å²) in [5.41, 5.74) is 0. The first-order chi connectivity index (χ1) is 3.72. The van der Waals surface area contributed by atoms with Gasteiger partial charge >= 0.3 is 0 Å². The van der Waals surface area contributed by atoms with Crippen LogP contribution in [0.3, 0.4) is 0 Å². The maximum Gasteiger partial charge on any atom is 0.0919 e. The van der Waals surface area contributed by atoms with E-state index in [1.165, 1.54) is 0 Å². The Morgan fingerprint density at radius 2 is 1.75 bits per heavy atom. The predicted molar refractivity (Wildman–Crippen MR) is 31.6 cm³/mol. The van der Waals surface area contributed by atoms with E-state index in [1.807, 2.05) is 0 Å². The number of rotatable bonds is 3. The van der Waals surface area contributed by atoms with Gasteiger partial charge in [0.15, 0.2) is 0 Å². The van der Waals surface area contributed by atoms with Crippen molar-refractivity contribution in [2.45, 2.75) is 11.4 Å². The van der Waals surface area contributed by atoms with Crippen LogP contribution in [0.4, 0.5) is 0 Å². The molecule has 2 unspecified atom stereocenters. The molecule has 49 valence electrons. The second-order valence-electron chi connectivity index (χ2n) is 1.47. The molecule has 3 N–H and O–H groups in total. The van der Waals surface area contributed by atoms with Crippen molar-refractivity contribution >= 4 is 12.6 Å². The zero-order valence-corrected chi connectivity index (χ0v) is 5.14. The van der Waals surface area contributed by atoms with Crippen LogP contribution < -0.4 is 0 Å². The van der Waals surface area contributed by atoms with Crippen LogP contribution in [0.2, 0.25) is 0 Å². The molecule has 0 aromatic carbocycles. The van der Waals surface area contributed by atoms with Crippen LogP contribution in [-0.4, -0.2) is 39.9 Å². The monoisotopic (exact) mass is 137 g/mol. The Kier molecular flexibility index (Phi) is 4.26. The smallest absolute Gasteiger partial charge is 0.0919 e. The summed E-state index contributed by atoms with van der Waals surface area (Å²) >= 11 is 4.50. The highest BCUT2D eigenvalue weighted by atomic mass is 32.1. The van der Waals surface area contributed by atoms with E-state index in [0.717, 1.165) is 0 Å². The largest absolute Gasteiger partial charge is 0.395 e. The molecule has 4 heteroatoms. The van der Waals surface area contributed by atoms with Gasteiger partial charge in [-0.3, -0.25) is 0 Å². The number of aliphatic hydroxyl groups excluding tert-OH is 3. The Morgan fingerprint density at radius 1 is 1.25 bits per heavy atom. The van der Waals surface area contributed by atoms with Crippen LogP contribution in [-0.2, 0) is 0 Å². The maximum absolute atomic E-state index is 8.61. The van der Waals surface area contributed by atoms with Gasteiger partial charge in [0.05, 0.1) is 24.6 Å². The third-order valence-corrected chi connectivity index (χ3v) is 1.26. The topological polar surface area (TPSA) is 60.7 Å². The molecule has 0 aromatic heterocycles. The van der Waals surface area contributed by atoms with Crippen molar-refractivity contribution in [3.63, 3.8) is 0 Å². The quantitative estimate of drug-likeness (QED) is 0.462. The van der Waals surface area contributed by atoms with Crippen LogP contribution >= 0.6 is 12.6 Å². The molecule has 2 atom stereocenters. The average molecular weight is 137 g/mol. The molecule has 0 aliphatic heterocycles. The number of hydrogen-bond acceptors (Lipinski definition) is 3. The first-order valence-electron chi connectivity index (χ1n) is 2.28. The summed E-state index contributed by atoms with van der Waals surface area (Å²) in [6, 6.07) is 0. The SMILES string of the molecule is OCC(O)C([S])CO. The molecule has 0 aromatic rings. The summed E-state index contributed by atoms with van der Waals surface area (Å²) in [6.45, 7) is -0.647. The minimum absolute atomic E-state index is 0.267. The third-order valence-electron chi connectivity index (χ3n) is 0.796. The average Bonchev–Trinajstić information content (AvgIpc) is 1.84. The van der Waals surface area contributed by atoms with Gasteiger partial charge in [0.25, 0.3) is 0 Å². The lowest BCUT2D eigenvalue weighted by atomic mass is 10.3. The summed E-state index contributed by atoms with van der Waals surface area (Å²) in [7, 11) is 0. The van der Waals surface area contributed by atoms with Gasteiger partial charge in [-0.15, -0.1) is 0 Å². The highest BCUT2D eigenvalue weighted by Crippen LogP contribution is 1.98. The van der Waals surface area contributed by atoms with Crippen molar-refractivity contribution in [2.75, 3.05) is 13.2 Å². The second-order valence-corrected chi connectivity index (χ2v) is 2.08. The molecule has 0 amide bonds. The first kappa shape index (κ1) is 8.23. The molecule has 0 rings (SSSR count). The zero-order chi connectivity index (χ0) is 6.57. The van der Waals surface area contributed by atoms with Gasteiger partial charge in [-0.1, -0.05) is 12.6 Å². The molecule has 0 saturated carbocycles. The molecular formula is C4H9O3S. The van der Waals surface area contributed by atoms with Crippen molar-refractivity contribution in [3.05, 3.63) is 0 Å². The van der Waals surface area contributed by atoms with Gasteiger partial charge in [0.1, 0.15) is 0 Å². The number of aliphatic hydroxyl groups is 3. The standard InChI is InChI=1S/C4H9O3S/c5-1-3(7)4(8)2-6/h3-7H,1-2H2. The van der Waals surface area contributed by atoms with Gasteiger partial charge in [0, 0.05) is 0 Å². The highest BCUT2D eigenvalue weighted by Gasteiger charge is 2.12. The van der Waals surface area contributed by atoms with Crippen molar-refractivity contribution in [1.29, 1.82) is 0 Å². The Morgan fingerprint density at radius 3 is 1.88 bits per heavy atom. The normalized spacial score (nSPS) is 18.0. The van der Waals surface area contributed by atoms with E-state index in [-0.39, 0.29) is 13.2 Å². The molecule has 0 aliphatic rings. The minimum Gasteiger partial charge on any atom is -0.395 e. The lowest BCUT2D eigenvalue weighted by Crippen LogP contribution is -2.27. The van der Waals surface area contributed by atoms with E-state index >= 15 is 0 Å². The van der Waals surface area contributed by atoms with E-state index in [9.17, 15) is 0 Å². The zero-order valence-electron chi connectivity index (χ0n) is 4.32. The van der Waals surface area contributed by atoms with Crippen LogP contribution in [0.15, 0.2) is 0 Å². The van der Waals surface area contributed by atoms with Crippen LogP contribution in [0.5, 0.6) is 0 Å². The Hall–Kier alpha value is 0.230. The summed E-state index contributed by atoms with van der Waals surface area (Å²) < 4.78 is 0. The fourth-order valence-electron chi connectivity index (χ4n) is 0.239. The second kappa shape index (κ2) is 4.14. The predicted octanol–water partition coefficient (Wildman–Crippen LogP) is -1.10. The molecule has 0 spiro atoms. The molecule has 3 nitrogen and oxygen atoms in total. The van der Waals surface area contributed by atoms with Gasteiger partial charge in [-0.25, -0.2) is 0 Å². The first-order valence-corrected chi connectivity index (χ1v) is 2.75. The van der Waals surface area contributed by atoms with Crippen molar-refractivity contribution < 1.29 is 15.3 Å². The van der Waals surface area contributed by atoms with Crippen LogP contribution in [0.25, 0.3) is 0 Å². The molecule has 0 bridgehead atoms. The van der Waals surface area contributed by atoms with Crippen LogP contribution in [0, 0.1) is 0 Å². The summed E-state index contributed by atoms with van der Waals surface area (Å²) in [4.78, 5) is 0. The molecule has 0 heterocycles. The summed E-state index contributed by atoms with van der Waals surface area (Å²) in [5.74, 6) is 0. The Balaban J connectivity index is 3.29. The lowest BCUT2D eigenvalue weighted by molar-refractivity contribution is 0.0782. The van der Waals surface area contributed by atoms with E-state index in [4.69, 9.17) is 15.3 Å². The van der Waals surface area contributed by atoms with Crippen molar-refractivity contribution in [2.24, 2.45) is 0 Å². The maximum atomic E-state index is 8.61. The molecule has 8 heavy (non-hydrogen) atoms. The highest BCUT2D eigenvalue weighted by molar-refractivity contribution is 7.81. The summed E-state index contributed by atoms with van der Waals surface area (Å²) in [6.07, 6.45) is -0.963. The van der Waals surface area contributed by atoms with Crippen molar-refractivity contribution in [3.8, 4) is 0 Å². The fraction of sp³-hybridized carbons (Fsp3) is 1.00.